The number of ether oxygens (including phenoxy) is 3. The van der Waals surface area contributed by atoms with Crippen LogP contribution < -0.4 is 14.4 Å². The molecule has 4 rings (SSSR count). The standard InChI is InChI=1S/C26H25BrN2O5/c1-32-24-15-19(16-28-21-6-8-22(9-7-21)29-10-12-33-13-11-29)14-23(27)25(24)34-17-18-2-4-20(5-3-18)26(30)31/h2-9,14-16H,10-13,17H2,1H3,(H,30,31). The molecule has 8 heteroatoms. The summed E-state index contributed by atoms with van der Waals surface area (Å²) in [6.07, 6.45) is 1.78. The second kappa shape index (κ2) is 11.2. The summed E-state index contributed by atoms with van der Waals surface area (Å²) in [5.41, 5.74) is 3.98. The van der Waals surface area contributed by atoms with Crippen molar-refractivity contribution in [3.8, 4) is 11.5 Å². The quantitative estimate of drug-likeness (QED) is 0.401. The first kappa shape index (κ1) is 23.8. The molecule has 1 aliphatic heterocycles. The van der Waals surface area contributed by atoms with Crippen LogP contribution in [0.3, 0.4) is 0 Å². The third-order valence-corrected chi connectivity index (χ3v) is 6.01. The smallest absolute Gasteiger partial charge is 0.335 e. The first-order valence-electron chi connectivity index (χ1n) is 10.8. The second-order valence-electron chi connectivity index (χ2n) is 7.70. The molecule has 0 saturated carbocycles. The maximum absolute atomic E-state index is 11.0. The third-order valence-electron chi connectivity index (χ3n) is 5.42. The van der Waals surface area contributed by atoms with Gasteiger partial charge in [0, 0.05) is 25.0 Å². The number of carboxylic acids is 1. The number of rotatable bonds is 8. The summed E-state index contributed by atoms with van der Waals surface area (Å²) in [4.78, 5) is 17.9. The van der Waals surface area contributed by atoms with E-state index in [1.165, 1.54) is 5.69 Å². The lowest BCUT2D eigenvalue weighted by Gasteiger charge is -2.28. The zero-order valence-corrected chi connectivity index (χ0v) is 20.3. The van der Waals surface area contributed by atoms with E-state index in [0.29, 0.717) is 11.5 Å². The van der Waals surface area contributed by atoms with E-state index >= 15 is 0 Å². The van der Waals surface area contributed by atoms with Crippen LogP contribution in [0.4, 0.5) is 11.4 Å². The Morgan fingerprint density at radius 2 is 1.82 bits per heavy atom. The molecule has 1 aliphatic rings. The van der Waals surface area contributed by atoms with Crippen molar-refractivity contribution < 1.29 is 24.1 Å². The average Bonchev–Trinajstić information content (AvgIpc) is 2.87. The van der Waals surface area contributed by atoms with Gasteiger partial charge in [0.25, 0.3) is 0 Å². The number of nitrogens with zero attached hydrogens (tertiary/aromatic N) is 2. The van der Waals surface area contributed by atoms with Crippen LogP contribution in [-0.4, -0.2) is 50.7 Å². The van der Waals surface area contributed by atoms with Crippen LogP contribution in [0.25, 0.3) is 0 Å². The van der Waals surface area contributed by atoms with Crippen LogP contribution in [-0.2, 0) is 11.3 Å². The zero-order valence-electron chi connectivity index (χ0n) is 18.7. The van der Waals surface area contributed by atoms with Gasteiger partial charge < -0.3 is 24.2 Å². The van der Waals surface area contributed by atoms with Crippen molar-refractivity contribution in [3.63, 3.8) is 0 Å². The lowest BCUT2D eigenvalue weighted by atomic mass is 10.1. The Bertz CT molecular complexity index is 1160. The molecule has 0 unspecified atom stereocenters. The van der Waals surface area contributed by atoms with E-state index in [0.717, 1.165) is 47.6 Å². The summed E-state index contributed by atoms with van der Waals surface area (Å²) in [6.45, 7) is 3.59. The number of anilines is 1. The Balaban J connectivity index is 1.43. The molecule has 3 aromatic carbocycles. The SMILES string of the molecule is COc1cc(C=Nc2ccc(N3CCOCC3)cc2)cc(Br)c1OCc1ccc(C(=O)O)cc1. The number of carboxylic acid groups (broad SMARTS) is 1. The molecule has 0 spiro atoms. The van der Waals surface area contributed by atoms with E-state index in [4.69, 9.17) is 19.3 Å². The molecule has 1 N–H and O–H groups in total. The van der Waals surface area contributed by atoms with Gasteiger partial charge in [0.05, 0.1) is 36.0 Å². The number of aliphatic imine (C=N–C) groups is 1. The fraction of sp³-hybridized carbons (Fsp3) is 0.231. The number of hydrogen-bond donors (Lipinski definition) is 1. The summed E-state index contributed by atoms with van der Waals surface area (Å²) in [7, 11) is 1.58. The van der Waals surface area contributed by atoms with Crippen molar-refractivity contribution in [2.45, 2.75) is 6.61 Å². The Morgan fingerprint density at radius 1 is 1.12 bits per heavy atom. The summed E-state index contributed by atoms with van der Waals surface area (Å²) < 4.78 is 17.6. The minimum Gasteiger partial charge on any atom is -0.493 e. The first-order chi connectivity index (χ1) is 16.5. The molecule has 0 bridgehead atoms. The summed E-state index contributed by atoms with van der Waals surface area (Å²) in [5, 5.41) is 9.03. The van der Waals surface area contributed by atoms with Gasteiger partial charge in [-0.05, 0) is 75.6 Å². The van der Waals surface area contributed by atoms with E-state index in [1.54, 1.807) is 37.6 Å². The molecular formula is C26H25BrN2O5. The van der Waals surface area contributed by atoms with Gasteiger partial charge in [-0.15, -0.1) is 0 Å². The van der Waals surface area contributed by atoms with Crippen molar-refractivity contribution in [1.29, 1.82) is 0 Å². The second-order valence-corrected chi connectivity index (χ2v) is 8.55. The molecule has 0 aromatic heterocycles. The molecule has 176 valence electrons. The van der Waals surface area contributed by atoms with Crippen LogP contribution in [0.5, 0.6) is 11.5 Å². The lowest BCUT2D eigenvalue weighted by Crippen LogP contribution is -2.36. The van der Waals surface area contributed by atoms with Gasteiger partial charge in [-0.2, -0.15) is 0 Å². The number of benzene rings is 3. The normalized spacial score (nSPS) is 13.8. The average molecular weight is 525 g/mol. The summed E-state index contributed by atoms with van der Waals surface area (Å²) >= 11 is 3.56. The number of aromatic carboxylic acids is 1. The van der Waals surface area contributed by atoms with Gasteiger partial charge in [0.1, 0.15) is 6.61 Å². The largest absolute Gasteiger partial charge is 0.493 e. The Labute approximate surface area is 206 Å². The van der Waals surface area contributed by atoms with Crippen molar-refractivity contribution in [2.75, 3.05) is 38.3 Å². The van der Waals surface area contributed by atoms with Crippen LogP contribution in [0.15, 0.2) is 70.1 Å². The topological polar surface area (TPSA) is 80.6 Å². The number of morpholine rings is 1. The Morgan fingerprint density at radius 3 is 2.47 bits per heavy atom. The summed E-state index contributed by atoms with van der Waals surface area (Å²) in [5.74, 6) is 0.180. The summed E-state index contributed by atoms with van der Waals surface area (Å²) in [6, 6.07) is 18.5. The number of halogens is 1. The van der Waals surface area contributed by atoms with Crippen molar-refractivity contribution in [2.24, 2.45) is 4.99 Å². The van der Waals surface area contributed by atoms with Gasteiger partial charge in [0.15, 0.2) is 11.5 Å². The highest BCUT2D eigenvalue weighted by atomic mass is 79.9. The lowest BCUT2D eigenvalue weighted by molar-refractivity contribution is 0.0697. The van der Waals surface area contributed by atoms with E-state index in [9.17, 15) is 4.79 Å². The number of hydrogen-bond acceptors (Lipinski definition) is 6. The highest BCUT2D eigenvalue weighted by Crippen LogP contribution is 2.37. The maximum atomic E-state index is 11.0. The van der Waals surface area contributed by atoms with Crippen LogP contribution in [0, 0.1) is 0 Å². The predicted molar refractivity (Wildman–Crippen MR) is 135 cm³/mol. The first-order valence-corrected chi connectivity index (χ1v) is 11.6. The Kier molecular flexibility index (Phi) is 7.82. The van der Waals surface area contributed by atoms with E-state index in [1.807, 2.05) is 24.3 Å². The fourth-order valence-electron chi connectivity index (χ4n) is 3.57. The number of methoxy groups -OCH3 is 1. The molecule has 7 nitrogen and oxygen atoms in total. The van der Waals surface area contributed by atoms with Crippen LogP contribution in [0.1, 0.15) is 21.5 Å². The van der Waals surface area contributed by atoms with Crippen molar-refractivity contribution >= 4 is 39.5 Å². The molecule has 1 heterocycles. The molecule has 1 fully saturated rings. The van der Waals surface area contributed by atoms with Gasteiger partial charge in [-0.25, -0.2) is 4.79 Å². The maximum Gasteiger partial charge on any atom is 0.335 e. The van der Waals surface area contributed by atoms with Crippen molar-refractivity contribution in [1.82, 2.24) is 0 Å². The van der Waals surface area contributed by atoms with Crippen LogP contribution in [0.2, 0.25) is 0 Å². The zero-order chi connectivity index (χ0) is 23.9. The molecule has 34 heavy (non-hydrogen) atoms. The monoisotopic (exact) mass is 524 g/mol. The molecule has 0 amide bonds. The van der Waals surface area contributed by atoms with Gasteiger partial charge >= 0.3 is 5.97 Å². The molecule has 3 aromatic rings. The molecule has 0 aliphatic carbocycles. The van der Waals surface area contributed by atoms with Gasteiger partial charge in [-0.1, -0.05) is 12.1 Å². The van der Waals surface area contributed by atoms with E-state index in [2.05, 4.69) is 38.0 Å². The Hall–Kier alpha value is -3.36. The fourth-order valence-corrected chi connectivity index (χ4v) is 4.15. The molecule has 0 atom stereocenters. The predicted octanol–water partition coefficient (Wildman–Crippen LogP) is 5.32. The number of carbonyl (C=O) groups is 1. The molecule has 0 radical (unpaired) electrons. The highest BCUT2D eigenvalue weighted by Gasteiger charge is 2.13. The minimum atomic E-state index is -0.956. The van der Waals surface area contributed by atoms with Gasteiger partial charge in [-0.3, -0.25) is 4.99 Å². The van der Waals surface area contributed by atoms with E-state index < -0.39 is 5.97 Å². The molecule has 1 saturated heterocycles. The molecular weight excluding hydrogens is 500 g/mol. The van der Waals surface area contributed by atoms with Crippen LogP contribution >= 0.6 is 15.9 Å². The minimum absolute atomic E-state index is 0.238. The van der Waals surface area contributed by atoms with Gasteiger partial charge in [0.2, 0.25) is 0 Å². The van der Waals surface area contributed by atoms with E-state index in [-0.39, 0.29) is 12.2 Å². The van der Waals surface area contributed by atoms with Crippen molar-refractivity contribution in [3.05, 3.63) is 81.8 Å². The highest BCUT2D eigenvalue weighted by molar-refractivity contribution is 9.10. The third kappa shape index (κ3) is 5.95.